The quantitative estimate of drug-likeness (QED) is 0.404. The topological polar surface area (TPSA) is 57.6 Å². The van der Waals surface area contributed by atoms with Crippen LogP contribution in [0.3, 0.4) is 0 Å². The lowest BCUT2D eigenvalue weighted by molar-refractivity contribution is -0.132. The number of anilines is 1. The molecular weight excluding hydrogens is 376 g/mol. The normalized spacial score (nSPS) is 18.3. The van der Waals surface area contributed by atoms with Gasteiger partial charge in [-0.1, -0.05) is 30.3 Å². The monoisotopic (exact) mass is 391 g/mol. The van der Waals surface area contributed by atoms with Crippen LogP contribution in [0.25, 0.3) is 5.76 Å². The third kappa shape index (κ3) is 3.29. The summed E-state index contributed by atoms with van der Waals surface area (Å²) >= 11 is 0. The van der Waals surface area contributed by atoms with Crippen LogP contribution < -0.4 is 4.90 Å². The molecule has 1 atom stereocenters. The third-order valence-corrected chi connectivity index (χ3v) is 4.76. The zero-order valence-electron chi connectivity index (χ0n) is 15.0. The molecule has 1 amide bonds. The van der Waals surface area contributed by atoms with E-state index in [4.69, 9.17) is 0 Å². The Balaban J connectivity index is 1.95. The second kappa shape index (κ2) is 7.31. The van der Waals surface area contributed by atoms with Gasteiger partial charge in [-0.3, -0.25) is 14.5 Å². The Hall–Kier alpha value is -3.80. The van der Waals surface area contributed by atoms with Crippen LogP contribution in [0.15, 0.2) is 84.4 Å². The minimum Gasteiger partial charge on any atom is -0.507 e. The molecule has 3 aromatic carbocycles. The molecule has 1 N–H and O–H groups in total. The minimum atomic E-state index is -1.03. The number of para-hydroxylation sites is 1. The van der Waals surface area contributed by atoms with Gasteiger partial charge in [0.2, 0.25) is 0 Å². The summed E-state index contributed by atoms with van der Waals surface area (Å²) in [7, 11) is 0. The lowest BCUT2D eigenvalue weighted by Crippen LogP contribution is -2.29. The number of hydrogen-bond acceptors (Lipinski definition) is 3. The van der Waals surface area contributed by atoms with Crippen LogP contribution in [-0.4, -0.2) is 16.8 Å². The first-order valence-electron chi connectivity index (χ1n) is 8.85. The van der Waals surface area contributed by atoms with E-state index in [2.05, 4.69) is 0 Å². The average Bonchev–Trinajstić information content (AvgIpc) is 2.99. The first kappa shape index (κ1) is 18.6. The second-order valence-corrected chi connectivity index (χ2v) is 6.57. The smallest absolute Gasteiger partial charge is 0.300 e. The molecule has 4 nitrogen and oxygen atoms in total. The van der Waals surface area contributed by atoms with Crippen molar-refractivity contribution in [3.8, 4) is 0 Å². The fourth-order valence-electron chi connectivity index (χ4n) is 3.44. The van der Waals surface area contributed by atoms with E-state index in [0.717, 1.165) is 12.1 Å². The molecule has 0 bridgehead atoms. The number of Topliss-reactive ketones (excluding diaryl/α,β-unsaturated/α-hetero) is 1. The molecule has 0 spiro atoms. The Bertz CT molecular complexity index is 1120. The van der Waals surface area contributed by atoms with Gasteiger partial charge in [-0.2, -0.15) is 0 Å². The number of amides is 1. The minimum absolute atomic E-state index is 0.180. The van der Waals surface area contributed by atoms with Gasteiger partial charge < -0.3 is 5.11 Å². The van der Waals surface area contributed by atoms with Crippen molar-refractivity contribution in [3.05, 3.63) is 107 Å². The number of rotatable bonds is 3. The summed E-state index contributed by atoms with van der Waals surface area (Å²) in [4.78, 5) is 26.9. The molecule has 0 saturated carbocycles. The fraction of sp³-hybridized carbons (Fsp3) is 0.0435. The first-order chi connectivity index (χ1) is 14.0. The Morgan fingerprint density at radius 3 is 2.17 bits per heavy atom. The van der Waals surface area contributed by atoms with E-state index in [1.54, 1.807) is 36.4 Å². The second-order valence-electron chi connectivity index (χ2n) is 6.57. The van der Waals surface area contributed by atoms with Crippen molar-refractivity contribution < 1.29 is 23.5 Å². The van der Waals surface area contributed by atoms with Crippen LogP contribution in [0, 0.1) is 11.6 Å². The Labute approximate surface area is 165 Å². The van der Waals surface area contributed by atoms with E-state index in [-0.39, 0.29) is 11.1 Å². The number of carbonyl (C=O) groups is 2. The number of halogens is 2. The van der Waals surface area contributed by atoms with Crippen LogP contribution in [0.4, 0.5) is 14.5 Å². The van der Waals surface area contributed by atoms with Crippen molar-refractivity contribution in [2.24, 2.45) is 0 Å². The molecule has 6 heteroatoms. The van der Waals surface area contributed by atoms with Gasteiger partial charge in [0.1, 0.15) is 17.4 Å². The van der Waals surface area contributed by atoms with E-state index in [1.807, 2.05) is 0 Å². The van der Waals surface area contributed by atoms with E-state index < -0.39 is 35.1 Å². The predicted molar refractivity (Wildman–Crippen MR) is 104 cm³/mol. The van der Waals surface area contributed by atoms with Gasteiger partial charge in [0, 0.05) is 11.3 Å². The molecular formula is C23H15F2NO3. The highest BCUT2D eigenvalue weighted by Gasteiger charge is 2.47. The van der Waals surface area contributed by atoms with Crippen LogP contribution in [0.5, 0.6) is 0 Å². The number of aliphatic hydroxyl groups excluding tert-OH is 1. The van der Waals surface area contributed by atoms with Gasteiger partial charge in [0.15, 0.2) is 0 Å². The van der Waals surface area contributed by atoms with E-state index >= 15 is 0 Å². The Morgan fingerprint density at radius 1 is 0.828 bits per heavy atom. The molecule has 1 fully saturated rings. The number of carbonyl (C=O) groups excluding carboxylic acids is 2. The van der Waals surface area contributed by atoms with Crippen LogP contribution >= 0.6 is 0 Å². The number of ketones is 1. The molecule has 1 heterocycles. The summed E-state index contributed by atoms with van der Waals surface area (Å²) in [5, 5.41) is 10.8. The van der Waals surface area contributed by atoms with Gasteiger partial charge in [0.25, 0.3) is 11.7 Å². The van der Waals surface area contributed by atoms with Crippen LogP contribution in [0.1, 0.15) is 17.2 Å². The maximum atomic E-state index is 13.9. The highest BCUT2D eigenvalue weighted by atomic mass is 19.1. The van der Waals surface area contributed by atoms with E-state index in [9.17, 15) is 23.5 Å². The largest absolute Gasteiger partial charge is 0.507 e. The van der Waals surface area contributed by atoms with Crippen molar-refractivity contribution in [1.82, 2.24) is 0 Å². The number of nitrogens with zero attached hydrogens (tertiary/aromatic N) is 1. The molecule has 3 aromatic rings. The molecule has 1 saturated heterocycles. The number of aliphatic hydroxyl groups is 1. The van der Waals surface area contributed by atoms with Crippen molar-refractivity contribution in [1.29, 1.82) is 0 Å². The molecule has 0 unspecified atom stereocenters. The molecule has 0 radical (unpaired) electrons. The molecule has 1 aliphatic rings. The zero-order chi connectivity index (χ0) is 20.5. The third-order valence-electron chi connectivity index (χ3n) is 4.76. The van der Waals surface area contributed by atoms with Gasteiger partial charge in [-0.15, -0.1) is 0 Å². The lowest BCUT2D eigenvalue weighted by Gasteiger charge is -2.25. The fourth-order valence-corrected chi connectivity index (χ4v) is 3.44. The highest BCUT2D eigenvalue weighted by Crippen LogP contribution is 2.42. The molecule has 4 rings (SSSR count). The van der Waals surface area contributed by atoms with Gasteiger partial charge >= 0.3 is 0 Å². The maximum Gasteiger partial charge on any atom is 0.300 e. The zero-order valence-corrected chi connectivity index (χ0v) is 15.0. The maximum absolute atomic E-state index is 13.9. The SMILES string of the molecule is O=C1C(=O)N(c2ccccc2)[C@@H](c2cccc(F)c2)/C1=C(\O)c1ccc(F)cc1. The molecule has 29 heavy (non-hydrogen) atoms. The molecule has 0 aromatic heterocycles. The molecule has 144 valence electrons. The lowest BCUT2D eigenvalue weighted by atomic mass is 9.95. The summed E-state index contributed by atoms with van der Waals surface area (Å²) in [6.07, 6.45) is 0. The highest BCUT2D eigenvalue weighted by molar-refractivity contribution is 6.51. The van der Waals surface area contributed by atoms with Crippen molar-refractivity contribution >= 4 is 23.1 Å². The summed E-state index contributed by atoms with van der Waals surface area (Å²) in [5.74, 6) is -3.23. The van der Waals surface area contributed by atoms with Crippen LogP contribution in [-0.2, 0) is 9.59 Å². The van der Waals surface area contributed by atoms with Crippen LogP contribution in [0.2, 0.25) is 0 Å². The summed E-state index contributed by atoms with van der Waals surface area (Å²) in [6, 6.07) is 17.8. The predicted octanol–water partition coefficient (Wildman–Crippen LogP) is 4.59. The van der Waals surface area contributed by atoms with Gasteiger partial charge in [0.05, 0.1) is 11.6 Å². The van der Waals surface area contributed by atoms with Crippen molar-refractivity contribution in [3.63, 3.8) is 0 Å². The summed E-state index contributed by atoms with van der Waals surface area (Å²) in [5.41, 5.74) is 0.758. The number of benzene rings is 3. The molecule has 1 aliphatic heterocycles. The van der Waals surface area contributed by atoms with E-state index in [0.29, 0.717) is 11.3 Å². The summed E-state index contributed by atoms with van der Waals surface area (Å²) in [6.45, 7) is 0. The van der Waals surface area contributed by atoms with Crippen molar-refractivity contribution in [2.75, 3.05) is 4.90 Å². The Kier molecular flexibility index (Phi) is 4.68. The van der Waals surface area contributed by atoms with Gasteiger partial charge in [-0.25, -0.2) is 8.78 Å². The first-order valence-corrected chi connectivity index (χ1v) is 8.85. The molecule has 0 aliphatic carbocycles. The average molecular weight is 391 g/mol. The van der Waals surface area contributed by atoms with Gasteiger partial charge in [-0.05, 0) is 54.1 Å². The van der Waals surface area contributed by atoms with E-state index in [1.165, 1.54) is 35.2 Å². The summed E-state index contributed by atoms with van der Waals surface area (Å²) < 4.78 is 27.2. The standard InChI is InChI=1S/C23H15F2NO3/c24-16-11-9-14(10-12-16)21(27)19-20(15-5-4-6-17(25)13-15)26(23(29)22(19)28)18-7-2-1-3-8-18/h1-13,20,27H/b21-19+/t20-/m0/s1. The number of hydrogen-bond donors (Lipinski definition) is 1. The Morgan fingerprint density at radius 2 is 1.52 bits per heavy atom. The van der Waals surface area contributed by atoms with Crippen molar-refractivity contribution in [2.45, 2.75) is 6.04 Å².